The number of nitrogens with zero attached hydrogens (tertiary/aromatic N) is 1. The topological polar surface area (TPSA) is 75.7 Å². The third-order valence-corrected chi connectivity index (χ3v) is 5.25. The van der Waals surface area contributed by atoms with Gasteiger partial charge in [0, 0.05) is 26.4 Å². The van der Waals surface area contributed by atoms with E-state index in [0.717, 1.165) is 0 Å². The number of ether oxygens (including phenoxy) is 4. The van der Waals surface area contributed by atoms with Gasteiger partial charge in [0.2, 0.25) is 0 Å². The molecule has 0 aromatic carbocycles. The molecule has 0 unspecified atom stereocenters. The molecule has 0 rings (SSSR count). The lowest BCUT2D eigenvalue weighted by Gasteiger charge is -2.34. The van der Waals surface area contributed by atoms with Crippen molar-refractivity contribution in [2.75, 3.05) is 52.7 Å². The summed E-state index contributed by atoms with van der Waals surface area (Å²) in [5.74, 6) is 0. The van der Waals surface area contributed by atoms with E-state index >= 15 is 0 Å². The van der Waals surface area contributed by atoms with Gasteiger partial charge in [-0.2, -0.15) is 4.67 Å². The molecule has 0 atom stereocenters. The van der Waals surface area contributed by atoms with Gasteiger partial charge in [0.05, 0.1) is 26.3 Å². The fourth-order valence-corrected chi connectivity index (χ4v) is 3.92. The average Bonchev–Trinajstić information content (AvgIpc) is 2.55. The molecule has 0 bridgehead atoms. The Hall–Kier alpha value is -0.0500. The Balaban J connectivity index is 5.39. The minimum Gasteiger partial charge on any atom is -0.352 e. The van der Waals surface area contributed by atoms with Gasteiger partial charge in [-0.15, -0.1) is 0 Å². The lowest BCUT2D eigenvalue weighted by molar-refractivity contribution is -0.164. The fraction of sp³-hybridized carbons (Fsp3) is 1.00. The first kappa shape index (κ1) is 24.9. The van der Waals surface area contributed by atoms with Crippen molar-refractivity contribution >= 4 is 7.75 Å². The minimum absolute atomic E-state index is 0.218. The Morgan fingerprint density at radius 2 is 0.960 bits per heavy atom. The van der Waals surface area contributed by atoms with Crippen molar-refractivity contribution in [1.82, 2.24) is 4.67 Å². The molecule has 0 aliphatic heterocycles. The summed E-state index contributed by atoms with van der Waals surface area (Å²) in [6.45, 7) is 13.9. The summed E-state index contributed by atoms with van der Waals surface area (Å²) < 4.78 is 48.2. The molecule has 0 amide bonds. The molecule has 0 fully saturated rings. The second-order valence-electron chi connectivity index (χ2n) is 4.86. The van der Waals surface area contributed by atoms with Crippen molar-refractivity contribution in [1.29, 1.82) is 0 Å². The summed E-state index contributed by atoms with van der Waals surface area (Å²) in [5.41, 5.74) is 0. The van der Waals surface area contributed by atoms with Crippen LogP contribution in [-0.4, -0.2) is 70.0 Å². The third-order valence-electron chi connectivity index (χ3n) is 3.06. The van der Waals surface area contributed by atoms with E-state index in [1.807, 2.05) is 27.7 Å². The predicted molar refractivity (Wildman–Crippen MR) is 96.5 cm³/mol. The van der Waals surface area contributed by atoms with Crippen LogP contribution < -0.4 is 0 Å². The molecule has 0 aliphatic carbocycles. The maximum absolute atomic E-state index is 13.3. The van der Waals surface area contributed by atoms with Gasteiger partial charge >= 0.3 is 7.75 Å². The van der Waals surface area contributed by atoms with Crippen molar-refractivity contribution in [3.8, 4) is 0 Å². The van der Waals surface area contributed by atoms with E-state index in [-0.39, 0.29) is 26.3 Å². The monoisotopic (exact) mass is 385 g/mol. The van der Waals surface area contributed by atoms with Crippen LogP contribution in [0.3, 0.4) is 0 Å². The van der Waals surface area contributed by atoms with Crippen LogP contribution in [-0.2, 0) is 32.6 Å². The van der Waals surface area contributed by atoms with E-state index in [0.29, 0.717) is 26.4 Å². The highest BCUT2D eigenvalue weighted by atomic mass is 31.2. The van der Waals surface area contributed by atoms with Gasteiger partial charge in [-0.1, -0.05) is 0 Å². The Morgan fingerprint density at radius 3 is 1.20 bits per heavy atom. The van der Waals surface area contributed by atoms with Crippen LogP contribution >= 0.6 is 7.75 Å². The van der Waals surface area contributed by atoms with Crippen molar-refractivity contribution in [2.45, 2.75) is 54.1 Å². The zero-order chi connectivity index (χ0) is 19.1. The molecular formula is C16H36NO7P. The molecule has 152 valence electrons. The minimum atomic E-state index is -3.52. The zero-order valence-corrected chi connectivity index (χ0v) is 17.5. The van der Waals surface area contributed by atoms with E-state index in [9.17, 15) is 4.57 Å². The summed E-state index contributed by atoms with van der Waals surface area (Å²) in [4.78, 5) is 0. The van der Waals surface area contributed by atoms with Crippen LogP contribution in [0.25, 0.3) is 0 Å². The largest absolute Gasteiger partial charge is 0.408 e. The van der Waals surface area contributed by atoms with E-state index < -0.39 is 20.3 Å². The third kappa shape index (κ3) is 10.0. The number of hydrogen-bond acceptors (Lipinski definition) is 7. The quantitative estimate of drug-likeness (QED) is 0.279. The summed E-state index contributed by atoms with van der Waals surface area (Å²) in [6, 6.07) is 0. The molecule has 0 spiro atoms. The predicted octanol–water partition coefficient (Wildman–Crippen LogP) is 3.27. The van der Waals surface area contributed by atoms with Gasteiger partial charge in [0.15, 0.2) is 12.6 Å². The summed E-state index contributed by atoms with van der Waals surface area (Å²) >= 11 is 0. The number of rotatable bonds is 17. The zero-order valence-electron chi connectivity index (χ0n) is 16.6. The molecule has 25 heavy (non-hydrogen) atoms. The fourth-order valence-electron chi connectivity index (χ4n) is 2.20. The highest BCUT2D eigenvalue weighted by Crippen LogP contribution is 2.52. The summed E-state index contributed by atoms with van der Waals surface area (Å²) in [5, 5.41) is 0. The smallest absolute Gasteiger partial charge is 0.352 e. The van der Waals surface area contributed by atoms with Crippen molar-refractivity contribution in [3.05, 3.63) is 0 Å². The molecule has 0 heterocycles. The molecular weight excluding hydrogens is 349 g/mol. The highest BCUT2D eigenvalue weighted by Gasteiger charge is 2.37. The van der Waals surface area contributed by atoms with E-state index in [1.165, 1.54) is 0 Å². The van der Waals surface area contributed by atoms with Gasteiger partial charge in [-0.3, -0.25) is 9.05 Å². The first-order valence-corrected chi connectivity index (χ1v) is 10.6. The normalized spacial score (nSPS) is 12.7. The second kappa shape index (κ2) is 15.1. The molecule has 0 radical (unpaired) electrons. The Bertz CT molecular complexity index is 319. The maximum Gasteiger partial charge on any atom is 0.408 e. The van der Waals surface area contributed by atoms with Crippen molar-refractivity contribution in [3.63, 3.8) is 0 Å². The van der Waals surface area contributed by atoms with E-state index in [2.05, 4.69) is 0 Å². The molecule has 9 heteroatoms. The van der Waals surface area contributed by atoms with Gasteiger partial charge < -0.3 is 18.9 Å². The number of hydrogen-bond donors (Lipinski definition) is 0. The SMILES string of the molecule is CCOC(CN(CC(OCC)OCC)P(=O)(OCC)OCC)OCC. The first-order valence-electron chi connectivity index (χ1n) is 9.11. The first-order chi connectivity index (χ1) is 12.0. The van der Waals surface area contributed by atoms with E-state index in [1.54, 1.807) is 18.5 Å². The summed E-state index contributed by atoms with van der Waals surface area (Å²) in [7, 11) is -3.52. The molecule has 8 nitrogen and oxygen atoms in total. The Kier molecular flexibility index (Phi) is 15.0. The molecule has 0 saturated heterocycles. The molecule has 0 saturated carbocycles. The van der Waals surface area contributed by atoms with Crippen LogP contribution in [0.4, 0.5) is 0 Å². The van der Waals surface area contributed by atoms with Gasteiger partial charge in [-0.25, -0.2) is 4.57 Å². The van der Waals surface area contributed by atoms with Crippen molar-refractivity contribution < 1.29 is 32.6 Å². The standard InChI is InChI=1S/C16H36NO7P/c1-7-19-15(20-8-2)13-17(14-16(21-9-3)22-10-4)25(18,23-11-5)24-12-6/h15-16H,7-14H2,1-6H3. The van der Waals surface area contributed by atoms with Gasteiger partial charge in [-0.05, 0) is 41.5 Å². The van der Waals surface area contributed by atoms with Crippen LogP contribution in [0.1, 0.15) is 41.5 Å². The van der Waals surface area contributed by atoms with Crippen LogP contribution in [0.15, 0.2) is 0 Å². The second-order valence-corrected chi connectivity index (χ2v) is 6.88. The van der Waals surface area contributed by atoms with Gasteiger partial charge in [0.1, 0.15) is 0 Å². The summed E-state index contributed by atoms with van der Waals surface area (Å²) in [6.07, 6.45) is -1.10. The molecule has 0 aromatic heterocycles. The Labute approximate surface area is 152 Å². The molecule has 0 aromatic rings. The Morgan fingerprint density at radius 1 is 0.640 bits per heavy atom. The van der Waals surface area contributed by atoms with Crippen molar-refractivity contribution in [2.24, 2.45) is 0 Å². The molecule has 0 aliphatic rings. The average molecular weight is 385 g/mol. The molecule has 0 N–H and O–H groups in total. The van der Waals surface area contributed by atoms with Crippen LogP contribution in [0.2, 0.25) is 0 Å². The van der Waals surface area contributed by atoms with Gasteiger partial charge in [0.25, 0.3) is 0 Å². The van der Waals surface area contributed by atoms with Crippen LogP contribution in [0, 0.1) is 0 Å². The lowest BCUT2D eigenvalue weighted by Crippen LogP contribution is -2.40. The lowest BCUT2D eigenvalue weighted by atomic mass is 10.5. The highest BCUT2D eigenvalue weighted by molar-refractivity contribution is 7.51. The maximum atomic E-state index is 13.3. The van der Waals surface area contributed by atoms with E-state index in [4.69, 9.17) is 28.0 Å². The van der Waals surface area contributed by atoms with Crippen LogP contribution in [0.5, 0.6) is 0 Å².